The summed E-state index contributed by atoms with van der Waals surface area (Å²) in [5.41, 5.74) is 2.47. The molecule has 0 aliphatic carbocycles. The molecule has 1 rings (SSSR count). The Bertz CT molecular complexity index is 361. The molecule has 1 aromatic carbocycles. The van der Waals surface area contributed by atoms with Crippen LogP contribution in [0.15, 0.2) is 12.1 Å². The van der Waals surface area contributed by atoms with Crippen LogP contribution in [-0.4, -0.2) is 14.2 Å². The van der Waals surface area contributed by atoms with E-state index in [2.05, 4.69) is 36.7 Å². The summed E-state index contributed by atoms with van der Waals surface area (Å²) in [6, 6.07) is 4.07. The quantitative estimate of drug-likeness (QED) is 0.776. The third-order valence-electron chi connectivity index (χ3n) is 2.65. The Labute approximate surface area is 106 Å². The van der Waals surface area contributed by atoms with E-state index in [0.29, 0.717) is 10.7 Å². The highest BCUT2D eigenvalue weighted by atomic mass is 79.9. The SMILES string of the molecule is COc1cc(C)c(C(Br)C(C)C)cc1OC. The van der Waals surface area contributed by atoms with Gasteiger partial charge in [0.2, 0.25) is 0 Å². The summed E-state index contributed by atoms with van der Waals surface area (Å²) in [5, 5.41) is 0. The molecule has 2 nitrogen and oxygen atoms in total. The first-order valence-corrected chi connectivity index (χ1v) is 6.29. The van der Waals surface area contributed by atoms with Crippen LogP contribution in [0.1, 0.15) is 29.8 Å². The maximum absolute atomic E-state index is 5.32. The van der Waals surface area contributed by atoms with Gasteiger partial charge in [-0.2, -0.15) is 0 Å². The maximum Gasteiger partial charge on any atom is 0.161 e. The summed E-state index contributed by atoms with van der Waals surface area (Å²) in [7, 11) is 3.32. The van der Waals surface area contributed by atoms with E-state index >= 15 is 0 Å². The first-order valence-electron chi connectivity index (χ1n) is 5.37. The molecule has 0 fully saturated rings. The Morgan fingerprint density at radius 1 is 1.06 bits per heavy atom. The second-order valence-corrected chi connectivity index (χ2v) is 5.20. The number of hydrogen-bond acceptors (Lipinski definition) is 2. The summed E-state index contributed by atoms with van der Waals surface area (Å²) >= 11 is 3.71. The van der Waals surface area contributed by atoms with Crippen molar-refractivity contribution in [3.05, 3.63) is 23.3 Å². The van der Waals surface area contributed by atoms with Crippen LogP contribution in [0.5, 0.6) is 11.5 Å². The smallest absolute Gasteiger partial charge is 0.161 e. The van der Waals surface area contributed by atoms with E-state index in [1.165, 1.54) is 11.1 Å². The van der Waals surface area contributed by atoms with Crippen LogP contribution in [0, 0.1) is 12.8 Å². The minimum absolute atomic E-state index is 0.340. The van der Waals surface area contributed by atoms with Crippen molar-refractivity contribution in [2.45, 2.75) is 25.6 Å². The van der Waals surface area contributed by atoms with Gasteiger partial charge in [-0.1, -0.05) is 29.8 Å². The van der Waals surface area contributed by atoms with Gasteiger partial charge >= 0.3 is 0 Å². The normalized spacial score (nSPS) is 12.7. The fourth-order valence-corrected chi connectivity index (χ4v) is 2.15. The minimum atomic E-state index is 0.340. The standard InChI is InChI=1S/C13H19BrO2/c1-8(2)13(14)10-7-12(16-5)11(15-4)6-9(10)3/h6-8,13H,1-5H3. The van der Waals surface area contributed by atoms with Gasteiger partial charge < -0.3 is 9.47 Å². The highest BCUT2D eigenvalue weighted by Gasteiger charge is 2.17. The molecule has 0 N–H and O–H groups in total. The van der Waals surface area contributed by atoms with Gasteiger partial charge in [0.05, 0.1) is 14.2 Å². The highest BCUT2D eigenvalue weighted by Crippen LogP contribution is 2.38. The fraction of sp³-hybridized carbons (Fsp3) is 0.538. The van der Waals surface area contributed by atoms with Gasteiger partial charge in [-0.05, 0) is 36.1 Å². The Balaban J connectivity index is 3.21. The monoisotopic (exact) mass is 286 g/mol. The minimum Gasteiger partial charge on any atom is -0.493 e. The Hall–Kier alpha value is -0.700. The van der Waals surface area contributed by atoms with Crippen molar-refractivity contribution in [2.75, 3.05) is 14.2 Å². The number of benzene rings is 1. The van der Waals surface area contributed by atoms with Crippen LogP contribution >= 0.6 is 15.9 Å². The lowest BCUT2D eigenvalue weighted by atomic mass is 9.98. The van der Waals surface area contributed by atoms with Crippen LogP contribution in [0.4, 0.5) is 0 Å². The molecule has 0 radical (unpaired) electrons. The molecule has 0 heterocycles. The lowest BCUT2D eigenvalue weighted by Crippen LogP contribution is -2.02. The van der Waals surface area contributed by atoms with Crippen LogP contribution in [0.2, 0.25) is 0 Å². The molecule has 0 saturated heterocycles. The molecule has 1 aromatic rings. The predicted octanol–water partition coefficient (Wildman–Crippen LogP) is 4.10. The van der Waals surface area contributed by atoms with Gasteiger partial charge in [0.25, 0.3) is 0 Å². The van der Waals surface area contributed by atoms with E-state index in [1.54, 1.807) is 14.2 Å². The van der Waals surface area contributed by atoms with Crippen LogP contribution in [0.3, 0.4) is 0 Å². The van der Waals surface area contributed by atoms with Crippen molar-refractivity contribution in [3.8, 4) is 11.5 Å². The third kappa shape index (κ3) is 2.70. The molecule has 16 heavy (non-hydrogen) atoms. The van der Waals surface area contributed by atoms with Crippen molar-refractivity contribution in [3.63, 3.8) is 0 Å². The molecule has 0 amide bonds. The number of halogens is 1. The van der Waals surface area contributed by atoms with Gasteiger partial charge in [-0.25, -0.2) is 0 Å². The molecular formula is C13H19BrO2. The molecule has 0 aromatic heterocycles. The molecule has 1 atom stereocenters. The summed E-state index contributed by atoms with van der Waals surface area (Å²) in [5.74, 6) is 2.11. The fourth-order valence-electron chi connectivity index (χ4n) is 1.65. The van der Waals surface area contributed by atoms with E-state index in [0.717, 1.165) is 11.5 Å². The van der Waals surface area contributed by atoms with E-state index in [-0.39, 0.29) is 0 Å². The number of rotatable bonds is 4. The van der Waals surface area contributed by atoms with Gasteiger partial charge in [-0.3, -0.25) is 0 Å². The highest BCUT2D eigenvalue weighted by molar-refractivity contribution is 9.09. The van der Waals surface area contributed by atoms with Crippen molar-refractivity contribution in [1.82, 2.24) is 0 Å². The van der Waals surface area contributed by atoms with Crippen LogP contribution < -0.4 is 9.47 Å². The number of hydrogen-bond donors (Lipinski definition) is 0. The molecule has 90 valence electrons. The lowest BCUT2D eigenvalue weighted by Gasteiger charge is -2.19. The maximum atomic E-state index is 5.32. The van der Waals surface area contributed by atoms with Gasteiger partial charge in [0, 0.05) is 4.83 Å². The average molecular weight is 287 g/mol. The van der Waals surface area contributed by atoms with E-state index < -0.39 is 0 Å². The summed E-state index contributed by atoms with van der Waals surface area (Å²) in [6.07, 6.45) is 0. The average Bonchev–Trinajstić information content (AvgIpc) is 2.27. The van der Waals surface area contributed by atoms with E-state index in [4.69, 9.17) is 9.47 Å². The van der Waals surface area contributed by atoms with Crippen molar-refractivity contribution >= 4 is 15.9 Å². The van der Waals surface area contributed by atoms with Crippen molar-refractivity contribution in [2.24, 2.45) is 5.92 Å². The number of alkyl halides is 1. The zero-order chi connectivity index (χ0) is 12.3. The lowest BCUT2D eigenvalue weighted by molar-refractivity contribution is 0.354. The largest absolute Gasteiger partial charge is 0.493 e. The summed E-state index contributed by atoms with van der Waals surface area (Å²) in [4.78, 5) is 0.340. The molecule has 0 bridgehead atoms. The zero-order valence-electron chi connectivity index (χ0n) is 10.5. The van der Waals surface area contributed by atoms with E-state index in [1.807, 2.05) is 12.1 Å². The number of ether oxygens (including phenoxy) is 2. The second-order valence-electron chi connectivity index (χ2n) is 4.21. The predicted molar refractivity (Wildman–Crippen MR) is 70.8 cm³/mol. The third-order valence-corrected chi connectivity index (χ3v) is 4.21. The Morgan fingerprint density at radius 3 is 2.00 bits per heavy atom. The topological polar surface area (TPSA) is 18.5 Å². The second kappa shape index (κ2) is 5.58. The number of methoxy groups -OCH3 is 2. The molecule has 3 heteroatoms. The van der Waals surface area contributed by atoms with Gasteiger partial charge in [-0.15, -0.1) is 0 Å². The first-order chi connectivity index (χ1) is 7.51. The first kappa shape index (κ1) is 13.4. The molecule has 1 unspecified atom stereocenters. The van der Waals surface area contributed by atoms with Crippen LogP contribution in [0.25, 0.3) is 0 Å². The van der Waals surface area contributed by atoms with Crippen LogP contribution in [-0.2, 0) is 0 Å². The Kier molecular flexibility index (Phi) is 4.66. The van der Waals surface area contributed by atoms with Gasteiger partial charge in [0.1, 0.15) is 0 Å². The molecule has 0 aliphatic heterocycles. The molecule has 0 aliphatic rings. The van der Waals surface area contributed by atoms with E-state index in [9.17, 15) is 0 Å². The zero-order valence-corrected chi connectivity index (χ0v) is 12.1. The van der Waals surface area contributed by atoms with Gasteiger partial charge in [0.15, 0.2) is 11.5 Å². The summed E-state index contributed by atoms with van der Waals surface area (Å²) < 4.78 is 10.6. The molecular weight excluding hydrogens is 268 g/mol. The van der Waals surface area contributed by atoms with Crippen molar-refractivity contribution < 1.29 is 9.47 Å². The Morgan fingerprint density at radius 2 is 1.56 bits per heavy atom. The summed E-state index contributed by atoms with van der Waals surface area (Å²) in [6.45, 7) is 6.47. The number of aryl methyl sites for hydroxylation is 1. The molecule has 0 saturated carbocycles. The van der Waals surface area contributed by atoms with Crippen molar-refractivity contribution in [1.29, 1.82) is 0 Å². The molecule has 0 spiro atoms.